The number of aliphatic hydroxyl groups excluding tert-OH is 1. The standard InChI is InChI=1S/C12H17NO5S/c1-8-4-5-10(12(15)16)6-11(8)19(17,18)13(3)7-9(2)14/h4-6,9,14H,7H2,1-3H3,(H,15,16). The van der Waals surface area contributed by atoms with Crippen LogP contribution in [-0.4, -0.2) is 48.6 Å². The van der Waals surface area contributed by atoms with E-state index in [1.165, 1.54) is 26.1 Å². The molecule has 2 N–H and O–H groups in total. The Hall–Kier alpha value is -1.44. The van der Waals surface area contributed by atoms with E-state index in [4.69, 9.17) is 5.11 Å². The quantitative estimate of drug-likeness (QED) is 0.831. The molecular formula is C12H17NO5S. The lowest BCUT2D eigenvalue weighted by Crippen LogP contribution is -2.33. The van der Waals surface area contributed by atoms with Crippen LogP contribution in [0, 0.1) is 6.92 Å². The molecule has 0 fully saturated rings. The van der Waals surface area contributed by atoms with Gasteiger partial charge in [0.25, 0.3) is 0 Å². The molecule has 0 saturated carbocycles. The first-order chi connectivity index (χ1) is 8.66. The number of carboxylic acid groups (broad SMARTS) is 1. The van der Waals surface area contributed by atoms with Crippen molar-refractivity contribution in [2.45, 2.75) is 24.8 Å². The number of benzene rings is 1. The first-order valence-electron chi connectivity index (χ1n) is 5.64. The van der Waals surface area contributed by atoms with E-state index in [1.54, 1.807) is 6.92 Å². The Morgan fingerprint density at radius 1 is 1.42 bits per heavy atom. The molecule has 6 nitrogen and oxygen atoms in total. The maximum atomic E-state index is 12.3. The molecule has 0 spiro atoms. The number of carbonyl (C=O) groups is 1. The number of aliphatic hydroxyl groups is 1. The minimum Gasteiger partial charge on any atom is -0.478 e. The molecule has 106 valence electrons. The van der Waals surface area contributed by atoms with Gasteiger partial charge < -0.3 is 10.2 Å². The summed E-state index contributed by atoms with van der Waals surface area (Å²) >= 11 is 0. The summed E-state index contributed by atoms with van der Waals surface area (Å²) in [6, 6.07) is 3.93. The molecule has 0 aliphatic carbocycles. The number of rotatable bonds is 5. The van der Waals surface area contributed by atoms with E-state index < -0.39 is 22.1 Å². The van der Waals surface area contributed by atoms with Gasteiger partial charge in [-0.05, 0) is 31.5 Å². The molecule has 1 rings (SSSR count). The van der Waals surface area contributed by atoms with E-state index in [0.717, 1.165) is 10.4 Å². The Labute approximate surface area is 112 Å². The second-order valence-electron chi connectivity index (χ2n) is 4.42. The maximum absolute atomic E-state index is 12.3. The first kappa shape index (κ1) is 15.6. The molecule has 0 heterocycles. The van der Waals surface area contributed by atoms with Crippen LogP contribution in [-0.2, 0) is 10.0 Å². The Balaban J connectivity index is 3.28. The van der Waals surface area contributed by atoms with Crippen LogP contribution >= 0.6 is 0 Å². The number of likely N-dealkylation sites (N-methyl/N-ethyl adjacent to an activating group) is 1. The summed E-state index contributed by atoms with van der Waals surface area (Å²) in [5.41, 5.74) is 0.372. The minimum atomic E-state index is -3.81. The van der Waals surface area contributed by atoms with Gasteiger partial charge >= 0.3 is 5.97 Å². The van der Waals surface area contributed by atoms with Crippen molar-refractivity contribution in [1.82, 2.24) is 4.31 Å². The molecule has 1 aromatic rings. The van der Waals surface area contributed by atoms with Crippen LogP contribution in [0.5, 0.6) is 0 Å². The highest BCUT2D eigenvalue weighted by molar-refractivity contribution is 7.89. The number of carboxylic acids is 1. The molecule has 0 aromatic heterocycles. The fourth-order valence-electron chi connectivity index (χ4n) is 1.65. The van der Waals surface area contributed by atoms with E-state index in [2.05, 4.69) is 0 Å². The van der Waals surface area contributed by atoms with Crippen LogP contribution in [0.25, 0.3) is 0 Å². The highest BCUT2D eigenvalue weighted by atomic mass is 32.2. The largest absolute Gasteiger partial charge is 0.478 e. The molecule has 1 atom stereocenters. The van der Waals surface area contributed by atoms with E-state index >= 15 is 0 Å². The summed E-state index contributed by atoms with van der Waals surface area (Å²) in [6.45, 7) is 3.01. The van der Waals surface area contributed by atoms with Gasteiger partial charge in [0.1, 0.15) is 0 Å². The Morgan fingerprint density at radius 2 is 2.00 bits per heavy atom. The van der Waals surface area contributed by atoms with Gasteiger partial charge in [-0.25, -0.2) is 13.2 Å². The molecule has 7 heteroatoms. The topological polar surface area (TPSA) is 94.9 Å². The summed E-state index contributed by atoms with van der Waals surface area (Å²) in [5.74, 6) is -1.19. The van der Waals surface area contributed by atoms with Crippen molar-refractivity contribution in [3.8, 4) is 0 Å². The fourth-order valence-corrected chi connectivity index (χ4v) is 3.15. The number of aromatic carboxylic acids is 1. The third-order valence-electron chi connectivity index (χ3n) is 2.64. The average Bonchev–Trinajstić information content (AvgIpc) is 2.27. The lowest BCUT2D eigenvalue weighted by Gasteiger charge is -2.20. The molecule has 1 aromatic carbocycles. The van der Waals surface area contributed by atoms with Crippen LogP contribution in [0.15, 0.2) is 23.1 Å². The van der Waals surface area contributed by atoms with Gasteiger partial charge in [-0.15, -0.1) is 0 Å². The normalized spacial score (nSPS) is 13.5. The Morgan fingerprint density at radius 3 is 2.47 bits per heavy atom. The number of hydrogen-bond acceptors (Lipinski definition) is 4. The lowest BCUT2D eigenvalue weighted by atomic mass is 10.1. The zero-order valence-electron chi connectivity index (χ0n) is 11.0. The summed E-state index contributed by atoms with van der Waals surface area (Å²) < 4.78 is 25.6. The van der Waals surface area contributed by atoms with Gasteiger partial charge in [0, 0.05) is 13.6 Å². The average molecular weight is 287 g/mol. The molecule has 1 unspecified atom stereocenters. The highest BCUT2D eigenvalue weighted by Crippen LogP contribution is 2.20. The monoisotopic (exact) mass is 287 g/mol. The van der Waals surface area contributed by atoms with Crippen LogP contribution in [0.4, 0.5) is 0 Å². The second-order valence-corrected chi connectivity index (χ2v) is 6.43. The zero-order chi connectivity index (χ0) is 14.8. The summed E-state index contributed by atoms with van der Waals surface area (Å²) in [4.78, 5) is 10.8. The molecule has 0 bridgehead atoms. The molecular weight excluding hydrogens is 270 g/mol. The van der Waals surface area contributed by atoms with Crippen molar-refractivity contribution < 1.29 is 23.4 Å². The molecule has 0 aliphatic rings. The van der Waals surface area contributed by atoms with Crippen molar-refractivity contribution in [2.24, 2.45) is 0 Å². The summed E-state index contributed by atoms with van der Waals surface area (Å²) in [5, 5.41) is 18.1. The van der Waals surface area contributed by atoms with E-state index in [1.807, 2.05) is 0 Å². The number of aryl methyl sites for hydroxylation is 1. The SMILES string of the molecule is Cc1ccc(C(=O)O)cc1S(=O)(=O)N(C)CC(C)O. The molecule has 0 amide bonds. The third kappa shape index (κ3) is 3.52. The predicted molar refractivity (Wildman–Crippen MR) is 69.6 cm³/mol. The smallest absolute Gasteiger partial charge is 0.335 e. The van der Waals surface area contributed by atoms with E-state index in [9.17, 15) is 18.3 Å². The van der Waals surface area contributed by atoms with Crippen molar-refractivity contribution in [1.29, 1.82) is 0 Å². The van der Waals surface area contributed by atoms with Crippen LogP contribution < -0.4 is 0 Å². The van der Waals surface area contributed by atoms with E-state index in [-0.39, 0.29) is 17.0 Å². The van der Waals surface area contributed by atoms with E-state index in [0.29, 0.717) is 5.56 Å². The van der Waals surface area contributed by atoms with Gasteiger partial charge in [-0.2, -0.15) is 4.31 Å². The maximum Gasteiger partial charge on any atom is 0.335 e. The van der Waals surface area contributed by atoms with Gasteiger partial charge in [-0.3, -0.25) is 0 Å². The van der Waals surface area contributed by atoms with Gasteiger partial charge in [0.15, 0.2) is 0 Å². The van der Waals surface area contributed by atoms with Crippen molar-refractivity contribution in [3.05, 3.63) is 29.3 Å². The highest BCUT2D eigenvalue weighted by Gasteiger charge is 2.24. The number of hydrogen-bond donors (Lipinski definition) is 2. The molecule has 0 saturated heterocycles. The lowest BCUT2D eigenvalue weighted by molar-refractivity contribution is 0.0696. The Kier molecular flexibility index (Phi) is 4.67. The number of sulfonamides is 1. The fraction of sp³-hybridized carbons (Fsp3) is 0.417. The van der Waals surface area contributed by atoms with Crippen molar-refractivity contribution >= 4 is 16.0 Å². The second kappa shape index (κ2) is 5.68. The van der Waals surface area contributed by atoms with Crippen molar-refractivity contribution in [2.75, 3.05) is 13.6 Å². The molecule has 0 aliphatic heterocycles. The molecule has 19 heavy (non-hydrogen) atoms. The number of nitrogens with zero attached hydrogens (tertiary/aromatic N) is 1. The third-order valence-corrected chi connectivity index (χ3v) is 4.61. The first-order valence-corrected chi connectivity index (χ1v) is 7.08. The Bertz CT molecular complexity index is 580. The van der Waals surface area contributed by atoms with Crippen LogP contribution in [0.2, 0.25) is 0 Å². The van der Waals surface area contributed by atoms with Gasteiger partial charge in [0.2, 0.25) is 10.0 Å². The minimum absolute atomic E-state index is 0.0565. The zero-order valence-corrected chi connectivity index (χ0v) is 11.8. The van der Waals surface area contributed by atoms with Crippen molar-refractivity contribution in [3.63, 3.8) is 0 Å². The molecule has 0 radical (unpaired) electrons. The van der Waals surface area contributed by atoms with Gasteiger partial charge in [-0.1, -0.05) is 6.07 Å². The summed E-state index contributed by atoms with van der Waals surface area (Å²) in [6.07, 6.45) is -0.803. The van der Waals surface area contributed by atoms with Crippen LogP contribution in [0.1, 0.15) is 22.8 Å². The predicted octanol–water partition coefficient (Wildman–Crippen LogP) is 0.695. The van der Waals surface area contributed by atoms with Crippen LogP contribution in [0.3, 0.4) is 0 Å². The summed E-state index contributed by atoms with van der Waals surface area (Å²) in [7, 11) is -2.47. The van der Waals surface area contributed by atoms with Gasteiger partial charge in [0.05, 0.1) is 16.6 Å².